The SMILES string of the molecule is Cc1cccc(-n2c3ccccc3c3cc(-c4ccc(/C=C/c5ccc(-c6ccc7c(c6)c6ccccc6n7-c6cccc(C)c6)cc5)cc4)ccc32)c1. The van der Waals surface area contributed by atoms with Gasteiger partial charge >= 0.3 is 0 Å². The topological polar surface area (TPSA) is 9.86 Å². The summed E-state index contributed by atoms with van der Waals surface area (Å²) in [7, 11) is 0. The number of fused-ring (bicyclic) bond motifs is 6. The molecule has 54 heavy (non-hydrogen) atoms. The van der Waals surface area contributed by atoms with Crippen LogP contribution in [0.4, 0.5) is 0 Å². The molecule has 0 unspecified atom stereocenters. The molecule has 2 heteroatoms. The molecule has 8 aromatic carbocycles. The molecule has 256 valence electrons. The van der Waals surface area contributed by atoms with Crippen LogP contribution in [0.15, 0.2) is 182 Å². The molecule has 0 spiro atoms. The van der Waals surface area contributed by atoms with Gasteiger partial charge in [0.15, 0.2) is 0 Å². The van der Waals surface area contributed by atoms with Crippen LogP contribution < -0.4 is 0 Å². The zero-order valence-corrected chi connectivity index (χ0v) is 30.4. The predicted molar refractivity (Wildman–Crippen MR) is 231 cm³/mol. The van der Waals surface area contributed by atoms with Crippen molar-refractivity contribution in [1.82, 2.24) is 9.13 Å². The fourth-order valence-corrected chi connectivity index (χ4v) is 8.16. The molecular formula is C52H38N2. The molecule has 0 fully saturated rings. The molecule has 0 aliphatic heterocycles. The monoisotopic (exact) mass is 690 g/mol. The maximum Gasteiger partial charge on any atom is 0.0541 e. The first-order chi connectivity index (χ1) is 26.6. The van der Waals surface area contributed by atoms with E-state index in [1.165, 1.54) is 99.5 Å². The number of rotatable bonds is 6. The van der Waals surface area contributed by atoms with E-state index in [1.807, 2.05) is 0 Å². The summed E-state index contributed by atoms with van der Waals surface area (Å²) < 4.78 is 4.76. The number of nitrogens with zero attached hydrogens (tertiary/aromatic N) is 2. The van der Waals surface area contributed by atoms with Crippen LogP contribution in [0, 0.1) is 13.8 Å². The van der Waals surface area contributed by atoms with Crippen LogP contribution >= 0.6 is 0 Å². The van der Waals surface area contributed by atoms with Gasteiger partial charge in [-0.1, -0.05) is 133 Å². The van der Waals surface area contributed by atoms with Gasteiger partial charge in [0.25, 0.3) is 0 Å². The van der Waals surface area contributed by atoms with Gasteiger partial charge in [0.05, 0.1) is 22.1 Å². The second kappa shape index (κ2) is 12.9. The molecule has 0 saturated carbocycles. The molecule has 0 aliphatic rings. The van der Waals surface area contributed by atoms with Crippen LogP contribution in [0.25, 0.3) is 89.4 Å². The number of hydrogen-bond donors (Lipinski definition) is 0. The van der Waals surface area contributed by atoms with E-state index in [0.29, 0.717) is 0 Å². The van der Waals surface area contributed by atoms with E-state index in [2.05, 4.69) is 217 Å². The Balaban J connectivity index is 0.906. The second-order valence-corrected chi connectivity index (χ2v) is 14.4. The Labute approximate surface area is 315 Å². The molecule has 2 heterocycles. The van der Waals surface area contributed by atoms with Crippen molar-refractivity contribution in [3.05, 3.63) is 204 Å². The Morgan fingerprint density at radius 2 is 0.704 bits per heavy atom. The van der Waals surface area contributed by atoms with Crippen LogP contribution in [0.3, 0.4) is 0 Å². The molecule has 0 N–H and O–H groups in total. The van der Waals surface area contributed by atoms with E-state index >= 15 is 0 Å². The highest BCUT2D eigenvalue weighted by molar-refractivity contribution is 6.11. The van der Waals surface area contributed by atoms with Crippen molar-refractivity contribution in [1.29, 1.82) is 0 Å². The maximum absolute atomic E-state index is 2.38. The molecule has 0 saturated heterocycles. The molecule has 0 aliphatic carbocycles. The minimum Gasteiger partial charge on any atom is -0.309 e. The summed E-state index contributed by atoms with van der Waals surface area (Å²) >= 11 is 0. The van der Waals surface area contributed by atoms with Crippen molar-refractivity contribution in [2.75, 3.05) is 0 Å². The zero-order valence-electron chi connectivity index (χ0n) is 30.4. The maximum atomic E-state index is 2.38. The van der Waals surface area contributed by atoms with Gasteiger partial charge in [-0.05, 0) is 119 Å². The van der Waals surface area contributed by atoms with Crippen molar-refractivity contribution in [2.24, 2.45) is 0 Å². The van der Waals surface area contributed by atoms with Gasteiger partial charge in [-0.3, -0.25) is 0 Å². The third kappa shape index (κ3) is 5.52. The molecule has 0 amide bonds. The van der Waals surface area contributed by atoms with Crippen molar-refractivity contribution in [3.63, 3.8) is 0 Å². The first-order valence-electron chi connectivity index (χ1n) is 18.7. The third-order valence-corrected chi connectivity index (χ3v) is 10.8. The number of aryl methyl sites for hydroxylation is 2. The molecule has 10 aromatic rings. The summed E-state index contributed by atoms with van der Waals surface area (Å²) in [5.74, 6) is 0. The predicted octanol–water partition coefficient (Wildman–Crippen LogP) is 14.0. The van der Waals surface area contributed by atoms with Gasteiger partial charge in [0.1, 0.15) is 0 Å². The van der Waals surface area contributed by atoms with Crippen molar-refractivity contribution < 1.29 is 0 Å². The number of para-hydroxylation sites is 2. The molecule has 0 atom stereocenters. The van der Waals surface area contributed by atoms with Crippen molar-refractivity contribution in [2.45, 2.75) is 13.8 Å². The average molecular weight is 691 g/mol. The molecule has 0 bridgehead atoms. The van der Waals surface area contributed by atoms with Crippen LogP contribution in [0.2, 0.25) is 0 Å². The van der Waals surface area contributed by atoms with Crippen molar-refractivity contribution in [3.8, 4) is 33.6 Å². The van der Waals surface area contributed by atoms with Gasteiger partial charge in [-0.15, -0.1) is 0 Å². The Bertz CT molecular complexity index is 2830. The van der Waals surface area contributed by atoms with E-state index in [9.17, 15) is 0 Å². The highest BCUT2D eigenvalue weighted by Crippen LogP contribution is 2.37. The summed E-state index contributed by atoms with van der Waals surface area (Å²) in [5, 5.41) is 5.08. The smallest absolute Gasteiger partial charge is 0.0541 e. The minimum absolute atomic E-state index is 1.18. The van der Waals surface area contributed by atoms with Crippen LogP contribution in [0.5, 0.6) is 0 Å². The lowest BCUT2D eigenvalue weighted by atomic mass is 10.00. The Morgan fingerprint density at radius 3 is 1.13 bits per heavy atom. The molecule has 2 aromatic heterocycles. The van der Waals surface area contributed by atoms with Crippen LogP contribution in [-0.4, -0.2) is 9.13 Å². The Kier molecular flexibility index (Phi) is 7.63. The quantitative estimate of drug-likeness (QED) is 0.154. The highest BCUT2D eigenvalue weighted by atomic mass is 15.0. The summed E-state index contributed by atoms with van der Waals surface area (Å²) in [6, 6.07) is 66.4. The van der Waals surface area contributed by atoms with E-state index in [-0.39, 0.29) is 0 Å². The second-order valence-electron chi connectivity index (χ2n) is 14.4. The number of benzene rings is 8. The fourth-order valence-electron chi connectivity index (χ4n) is 8.16. The van der Waals surface area contributed by atoms with E-state index in [4.69, 9.17) is 0 Å². The van der Waals surface area contributed by atoms with Crippen molar-refractivity contribution >= 4 is 55.8 Å². The number of aromatic nitrogens is 2. The highest BCUT2D eigenvalue weighted by Gasteiger charge is 2.15. The van der Waals surface area contributed by atoms with Gasteiger partial charge in [0.2, 0.25) is 0 Å². The van der Waals surface area contributed by atoms with E-state index in [0.717, 1.165) is 0 Å². The van der Waals surface area contributed by atoms with Gasteiger partial charge in [-0.25, -0.2) is 0 Å². The lowest BCUT2D eigenvalue weighted by Crippen LogP contribution is -1.94. The lowest BCUT2D eigenvalue weighted by molar-refractivity contribution is 1.17. The van der Waals surface area contributed by atoms with Gasteiger partial charge in [0, 0.05) is 32.9 Å². The Morgan fingerprint density at radius 1 is 0.315 bits per heavy atom. The average Bonchev–Trinajstić information content (AvgIpc) is 3.73. The van der Waals surface area contributed by atoms with Crippen LogP contribution in [-0.2, 0) is 0 Å². The summed E-state index contributed by atoms with van der Waals surface area (Å²) in [5.41, 5.74) is 17.0. The van der Waals surface area contributed by atoms with Gasteiger partial charge in [-0.2, -0.15) is 0 Å². The van der Waals surface area contributed by atoms with Gasteiger partial charge < -0.3 is 9.13 Å². The zero-order chi connectivity index (χ0) is 36.2. The normalized spacial score (nSPS) is 11.8. The molecule has 0 radical (unpaired) electrons. The summed E-state index contributed by atoms with van der Waals surface area (Å²) in [6.45, 7) is 4.30. The minimum atomic E-state index is 1.18. The van der Waals surface area contributed by atoms with Crippen LogP contribution in [0.1, 0.15) is 22.3 Å². The molecule has 2 nitrogen and oxygen atoms in total. The number of hydrogen-bond acceptors (Lipinski definition) is 0. The van der Waals surface area contributed by atoms with E-state index in [1.54, 1.807) is 0 Å². The first kappa shape index (κ1) is 31.8. The van der Waals surface area contributed by atoms with E-state index < -0.39 is 0 Å². The molecule has 10 rings (SSSR count). The summed E-state index contributed by atoms with van der Waals surface area (Å²) in [6.07, 6.45) is 4.40. The first-order valence-corrected chi connectivity index (χ1v) is 18.7. The molecular weight excluding hydrogens is 653 g/mol. The standard InChI is InChI=1S/C52H38N2/c1-35-9-7-11-43(31-35)53-49-15-5-3-13-45(49)47-33-41(27-29-51(47)53)39-23-19-37(20-24-39)17-18-38-21-25-40(26-22-38)42-28-30-52-48(34-42)46-14-4-6-16-50(46)54(52)44-12-8-10-36(2)32-44/h3-34H,1-2H3/b18-17+. The fraction of sp³-hybridized carbons (Fsp3) is 0.0385. The third-order valence-electron chi connectivity index (χ3n) is 10.8. The summed E-state index contributed by atoms with van der Waals surface area (Å²) in [4.78, 5) is 0. The Hall–Kier alpha value is -6.90. The largest absolute Gasteiger partial charge is 0.309 e. The lowest BCUT2D eigenvalue weighted by Gasteiger charge is -2.09.